The molecule has 0 amide bonds. The Balaban J connectivity index is 2.11. The molecule has 0 aliphatic heterocycles. The highest BCUT2D eigenvalue weighted by atomic mass is 35.5. The lowest BCUT2D eigenvalue weighted by Crippen LogP contribution is -2.05. The number of hydrogen-bond donors (Lipinski definition) is 1. The molecule has 2 aromatic carbocycles. The Kier molecular flexibility index (Phi) is 2.76. The highest BCUT2D eigenvalue weighted by Crippen LogP contribution is 2.48. The maximum absolute atomic E-state index is 6.46. The fourth-order valence-electron chi connectivity index (χ4n) is 3.05. The van der Waals surface area contributed by atoms with E-state index < -0.39 is 0 Å². The van der Waals surface area contributed by atoms with E-state index in [0.29, 0.717) is 5.92 Å². The second-order valence-electron chi connectivity index (χ2n) is 5.52. The van der Waals surface area contributed by atoms with Gasteiger partial charge in [-0.1, -0.05) is 35.9 Å². The Hall–Kier alpha value is -1.51. The number of rotatable bonds is 3. The van der Waals surface area contributed by atoms with Crippen LogP contribution in [0.5, 0.6) is 0 Å². The first-order valence-corrected chi connectivity index (χ1v) is 7.44. The summed E-state index contributed by atoms with van der Waals surface area (Å²) in [6, 6.07) is 10.3. The van der Waals surface area contributed by atoms with Gasteiger partial charge in [-0.2, -0.15) is 0 Å². The van der Waals surface area contributed by atoms with Gasteiger partial charge in [-0.3, -0.25) is 0 Å². The summed E-state index contributed by atoms with van der Waals surface area (Å²) in [5, 5.41) is 7.39. The van der Waals surface area contributed by atoms with Gasteiger partial charge in [-0.15, -0.1) is 0 Å². The molecule has 2 nitrogen and oxygen atoms in total. The Morgan fingerprint density at radius 3 is 2.65 bits per heavy atom. The topological polar surface area (TPSA) is 25.2 Å². The summed E-state index contributed by atoms with van der Waals surface area (Å²) in [6.45, 7) is 0.770. The van der Waals surface area contributed by atoms with Crippen molar-refractivity contribution in [2.45, 2.75) is 25.3 Å². The predicted octanol–water partition coefficient (Wildman–Crippen LogP) is 4.84. The Bertz CT molecular complexity index is 801. The molecule has 3 heteroatoms. The van der Waals surface area contributed by atoms with Gasteiger partial charge < -0.3 is 9.73 Å². The summed E-state index contributed by atoms with van der Waals surface area (Å²) in [4.78, 5) is 0. The lowest BCUT2D eigenvalue weighted by Gasteiger charge is -2.02. The van der Waals surface area contributed by atoms with E-state index in [1.165, 1.54) is 23.8 Å². The second kappa shape index (κ2) is 4.51. The summed E-state index contributed by atoms with van der Waals surface area (Å²) < 4.78 is 6.19. The van der Waals surface area contributed by atoms with Crippen LogP contribution in [0, 0.1) is 0 Å². The van der Waals surface area contributed by atoms with E-state index in [0.717, 1.165) is 33.7 Å². The minimum absolute atomic E-state index is 0.650. The maximum atomic E-state index is 6.46. The van der Waals surface area contributed by atoms with Crippen LogP contribution in [0.1, 0.15) is 30.1 Å². The Morgan fingerprint density at radius 1 is 1.20 bits per heavy atom. The molecular formula is C17H16ClNO. The molecule has 1 saturated carbocycles. The fraction of sp³-hybridized carbons (Fsp3) is 0.294. The van der Waals surface area contributed by atoms with Crippen molar-refractivity contribution in [3.05, 3.63) is 46.7 Å². The van der Waals surface area contributed by atoms with E-state index in [-0.39, 0.29) is 0 Å². The van der Waals surface area contributed by atoms with Crippen molar-refractivity contribution < 1.29 is 4.42 Å². The van der Waals surface area contributed by atoms with E-state index in [1.807, 2.05) is 25.2 Å². The van der Waals surface area contributed by atoms with E-state index in [4.69, 9.17) is 16.0 Å². The molecule has 0 radical (unpaired) electrons. The van der Waals surface area contributed by atoms with Crippen molar-refractivity contribution in [2.24, 2.45) is 0 Å². The van der Waals surface area contributed by atoms with Crippen molar-refractivity contribution in [1.82, 2.24) is 5.32 Å². The first-order chi connectivity index (χ1) is 9.79. The van der Waals surface area contributed by atoms with Crippen molar-refractivity contribution in [3.8, 4) is 0 Å². The molecule has 0 saturated heterocycles. The largest absolute Gasteiger partial charge is 0.459 e. The molecule has 0 unspecified atom stereocenters. The highest BCUT2D eigenvalue weighted by Gasteiger charge is 2.31. The average Bonchev–Trinajstić information content (AvgIpc) is 3.23. The SMILES string of the molecule is CNCc1oc2c(cc(Cl)c3ccccc32)c1C1CC1. The summed E-state index contributed by atoms with van der Waals surface area (Å²) >= 11 is 6.46. The van der Waals surface area contributed by atoms with Crippen LogP contribution in [0.4, 0.5) is 0 Å². The quantitative estimate of drug-likeness (QED) is 0.745. The molecule has 3 aromatic rings. The molecule has 1 aliphatic rings. The van der Waals surface area contributed by atoms with Crippen LogP contribution in [0.3, 0.4) is 0 Å². The Morgan fingerprint density at radius 2 is 1.95 bits per heavy atom. The number of furan rings is 1. The van der Waals surface area contributed by atoms with Crippen LogP contribution in [-0.2, 0) is 6.54 Å². The van der Waals surface area contributed by atoms with Gasteiger partial charge in [0.05, 0.1) is 6.54 Å². The normalized spacial score (nSPS) is 15.3. The zero-order valence-electron chi connectivity index (χ0n) is 11.4. The van der Waals surface area contributed by atoms with Crippen molar-refractivity contribution >= 4 is 33.3 Å². The summed E-state index contributed by atoms with van der Waals surface area (Å²) in [6.07, 6.45) is 2.52. The van der Waals surface area contributed by atoms with Crippen molar-refractivity contribution in [3.63, 3.8) is 0 Å². The fourth-order valence-corrected chi connectivity index (χ4v) is 3.33. The lowest BCUT2D eigenvalue weighted by molar-refractivity contribution is 0.526. The lowest BCUT2D eigenvalue weighted by atomic mass is 10.0. The van der Waals surface area contributed by atoms with Gasteiger partial charge in [0.25, 0.3) is 0 Å². The van der Waals surface area contributed by atoms with Gasteiger partial charge in [0.15, 0.2) is 0 Å². The molecular weight excluding hydrogens is 270 g/mol. The number of hydrogen-bond acceptors (Lipinski definition) is 2. The molecule has 4 rings (SSSR count). The Labute approximate surface area is 122 Å². The molecule has 0 bridgehead atoms. The van der Waals surface area contributed by atoms with Gasteiger partial charge in [0.1, 0.15) is 11.3 Å². The molecule has 1 aromatic heterocycles. The number of nitrogens with one attached hydrogen (secondary N) is 1. The summed E-state index contributed by atoms with van der Waals surface area (Å²) in [7, 11) is 1.95. The van der Waals surface area contributed by atoms with E-state index in [1.54, 1.807) is 0 Å². The van der Waals surface area contributed by atoms with Gasteiger partial charge in [-0.05, 0) is 31.9 Å². The standard InChI is InChI=1S/C17H16ClNO/c1-19-9-15-16(10-6-7-10)13-8-14(18)11-4-2-3-5-12(11)17(13)20-15/h2-5,8,10,19H,6-7,9H2,1H3. The summed E-state index contributed by atoms with van der Waals surface area (Å²) in [5.41, 5.74) is 2.35. The zero-order chi connectivity index (χ0) is 13.7. The van der Waals surface area contributed by atoms with Crippen LogP contribution in [0.2, 0.25) is 5.02 Å². The van der Waals surface area contributed by atoms with Crippen LogP contribution in [0.15, 0.2) is 34.7 Å². The average molecular weight is 286 g/mol. The molecule has 0 atom stereocenters. The molecule has 1 heterocycles. The third kappa shape index (κ3) is 1.75. The monoisotopic (exact) mass is 285 g/mol. The zero-order valence-corrected chi connectivity index (χ0v) is 12.1. The number of fused-ring (bicyclic) bond motifs is 3. The number of benzene rings is 2. The highest BCUT2D eigenvalue weighted by molar-refractivity contribution is 6.37. The molecule has 0 spiro atoms. The van der Waals surface area contributed by atoms with Gasteiger partial charge in [-0.25, -0.2) is 0 Å². The van der Waals surface area contributed by atoms with E-state index in [2.05, 4.69) is 17.4 Å². The predicted molar refractivity (Wildman–Crippen MR) is 83.5 cm³/mol. The molecule has 1 fully saturated rings. The minimum atomic E-state index is 0.650. The van der Waals surface area contributed by atoms with Gasteiger partial charge >= 0.3 is 0 Å². The van der Waals surface area contributed by atoms with Crippen LogP contribution >= 0.6 is 11.6 Å². The van der Waals surface area contributed by atoms with Crippen LogP contribution in [0.25, 0.3) is 21.7 Å². The smallest absolute Gasteiger partial charge is 0.142 e. The molecule has 20 heavy (non-hydrogen) atoms. The number of halogens is 1. The van der Waals surface area contributed by atoms with E-state index >= 15 is 0 Å². The first-order valence-electron chi connectivity index (χ1n) is 7.06. The van der Waals surface area contributed by atoms with E-state index in [9.17, 15) is 0 Å². The van der Waals surface area contributed by atoms with Crippen molar-refractivity contribution in [1.29, 1.82) is 0 Å². The van der Waals surface area contributed by atoms with Gasteiger partial charge in [0.2, 0.25) is 0 Å². The second-order valence-corrected chi connectivity index (χ2v) is 5.93. The molecule has 1 N–H and O–H groups in total. The molecule has 102 valence electrons. The third-order valence-corrected chi connectivity index (χ3v) is 4.40. The minimum Gasteiger partial charge on any atom is -0.459 e. The van der Waals surface area contributed by atoms with Crippen LogP contribution < -0.4 is 5.32 Å². The summed E-state index contributed by atoms with van der Waals surface area (Å²) in [5.74, 6) is 1.72. The van der Waals surface area contributed by atoms with Gasteiger partial charge in [0, 0.05) is 26.7 Å². The third-order valence-electron chi connectivity index (χ3n) is 4.08. The maximum Gasteiger partial charge on any atom is 0.142 e. The van der Waals surface area contributed by atoms with Crippen LogP contribution in [-0.4, -0.2) is 7.05 Å². The molecule has 1 aliphatic carbocycles. The van der Waals surface area contributed by atoms with Crippen molar-refractivity contribution in [2.75, 3.05) is 7.05 Å². The first kappa shape index (κ1) is 12.2.